The first-order valence-corrected chi connectivity index (χ1v) is 5.30. The first kappa shape index (κ1) is 11.6. The van der Waals surface area contributed by atoms with E-state index in [-0.39, 0.29) is 0 Å². The maximum Gasteiger partial charge on any atom is 0.224 e. The molecular weight excluding hydrogens is 238 g/mol. The van der Waals surface area contributed by atoms with E-state index in [0.717, 1.165) is 5.56 Å². The molecule has 85 valence electrons. The molecule has 0 atom stereocenters. The number of hydrogen-bond acceptors (Lipinski definition) is 3. The van der Waals surface area contributed by atoms with E-state index in [9.17, 15) is 4.79 Å². The number of methoxy groups -OCH3 is 1. The van der Waals surface area contributed by atoms with Crippen LogP contribution >= 0.6 is 11.6 Å². The zero-order valence-electron chi connectivity index (χ0n) is 9.11. The molecule has 0 unspecified atom stereocenters. The molecule has 0 amide bonds. The van der Waals surface area contributed by atoms with Gasteiger partial charge >= 0.3 is 0 Å². The fourth-order valence-electron chi connectivity index (χ4n) is 1.47. The summed E-state index contributed by atoms with van der Waals surface area (Å²) in [5, 5.41) is 0.556. The lowest BCUT2D eigenvalue weighted by Gasteiger charge is -2.07. The van der Waals surface area contributed by atoms with E-state index in [4.69, 9.17) is 16.3 Å². The minimum Gasteiger partial charge on any atom is -0.480 e. The molecule has 0 N–H and O–H groups in total. The average Bonchev–Trinajstić information content (AvgIpc) is 2.38. The summed E-state index contributed by atoms with van der Waals surface area (Å²) in [6.45, 7) is 0. The minimum atomic E-state index is 0.293. The highest BCUT2D eigenvalue weighted by Gasteiger charge is 2.09. The van der Waals surface area contributed by atoms with Crippen molar-refractivity contribution in [3.8, 4) is 17.1 Å². The molecule has 0 fully saturated rings. The number of pyridine rings is 1. The zero-order chi connectivity index (χ0) is 12.3. The van der Waals surface area contributed by atoms with Gasteiger partial charge in [-0.2, -0.15) is 0 Å². The Hall–Kier alpha value is -1.87. The first-order chi connectivity index (χ1) is 8.26. The Balaban J connectivity index is 2.54. The number of ether oxygens (including phenoxy) is 1. The predicted octanol–water partition coefficient (Wildman–Crippen LogP) is 3.02. The van der Waals surface area contributed by atoms with Gasteiger partial charge < -0.3 is 4.74 Å². The maximum absolute atomic E-state index is 10.7. The molecule has 0 aliphatic heterocycles. The van der Waals surface area contributed by atoms with Crippen molar-refractivity contribution in [2.45, 2.75) is 0 Å². The predicted molar refractivity (Wildman–Crippen MR) is 65.5 cm³/mol. The second kappa shape index (κ2) is 4.97. The van der Waals surface area contributed by atoms with E-state index in [1.807, 2.05) is 6.07 Å². The van der Waals surface area contributed by atoms with Crippen LogP contribution in [0, 0.1) is 6.07 Å². The van der Waals surface area contributed by atoms with Gasteiger partial charge in [-0.05, 0) is 24.3 Å². The summed E-state index contributed by atoms with van der Waals surface area (Å²) in [5.74, 6) is 0.293. The largest absolute Gasteiger partial charge is 0.480 e. The van der Waals surface area contributed by atoms with Gasteiger partial charge in [0, 0.05) is 5.56 Å². The molecule has 1 radical (unpaired) electrons. The highest BCUT2D eigenvalue weighted by molar-refractivity contribution is 6.33. The van der Waals surface area contributed by atoms with E-state index in [0.29, 0.717) is 28.4 Å². The molecule has 1 aromatic carbocycles. The van der Waals surface area contributed by atoms with Crippen molar-refractivity contribution in [2.24, 2.45) is 0 Å². The van der Waals surface area contributed by atoms with E-state index in [2.05, 4.69) is 11.1 Å². The van der Waals surface area contributed by atoms with Gasteiger partial charge in [-0.15, -0.1) is 0 Å². The molecule has 17 heavy (non-hydrogen) atoms. The van der Waals surface area contributed by atoms with Crippen LogP contribution in [0.5, 0.6) is 5.88 Å². The van der Waals surface area contributed by atoms with Crippen molar-refractivity contribution in [3.05, 3.63) is 47.0 Å². The quantitative estimate of drug-likeness (QED) is 0.782. The molecule has 1 aromatic heterocycles. The van der Waals surface area contributed by atoms with E-state index in [1.54, 1.807) is 24.3 Å². The topological polar surface area (TPSA) is 39.2 Å². The summed E-state index contributed by atoms with van der Waals surface area (Å²) in [6, 6.07) is 11.5. The lowest BCUT2D eigenvalue weighted by atomic mass is 10.1. The van der Waals surface area contributed by atoms with Gasteiger partial charge in [0.25, 0.3) is 0 Å². The number of rotatable bonds is 3. The Kier molecular flexibility index (Phi) is 3.40. The third kappa shape index (κ3) is 2.29. The van der Waals surface area contributed by atoms with Gasteiger partial charge in [-0.1, -0.05) is 23.7 Å². The van der Waals surface area contributed by atoms with Gasteiger partial charge in [0.2, 0.25) is 5.88 Å². The SMILES string of the molecule is COc1nc(-c2cc[c]cc2Cl)ccc1C=O. The van der Waals surface area contributed by atoms with Crippen LogP contribution in [0.3, 0.4) is 0 Å². The lowest BCUT2D eigenvalue weighted by molar-refractivity contribution is 0.112. The fraction of sp³-hybridized carbons (Fsp3) is 0.0769. The maximum atomic E-state index is 10.7. The molecule has 0 bridgehead atoms. The Morgan fingerprint density at radius 1 is 1.41 bits per heavy atom. The molecule has 1 heterocycles. The van der Waals surface area contributed by atoms with Gasteiger partial charge in [-0.25, -0.2) is 4.98 Å². The smallest absolute Gasteiger partial charge is 0.224 e. The number of nitrogens with zero attached hydrogens (tertiary/aromatic N) is 1. The monoisotopic (exact) mass is 246 g/mol. The Bertz CT molecular complexity index is 555. The van der Waals surface area contributed by atoms with Crippen LogP contribution in [0.1, 0.15) is 10.4 Å². The van der Waals surface area contributed by atoms with Crippen LogP contribution in [0.15, 0.2) is 30.3 Å². The second-order valence-electron chi connectivity index (χ2n) is 3.32. The van der Waals surface area contributed by atoms with Crippen LogP contribution in [-0.4, -0.2) is 18.4 Å². The van der Waals surface area contributed by atoms with Crippen molar-refractivity contribution in [3.63, 3.8) is 0 Å². The summed E-state index contributed by atoms with van der Waals surface area (Å²) < 4.78 is 5.04. The van der Waals surface area contributed by atoms with Crippen molar-refractivity contribution < 1.29 is 9.53 Å². The van der Waals surface area contributed by atoms with Crippen molar-refractivity contribution >= 4 is 17.9 Å². The van der Waals surface area contributed by atoms with E-state index < -0.39 is 0 Å². The summed E-state index contributed by atoms with van der Waals surface area (Å²) >= 11 is 6.05. The standard InChI is InChI=1S/C13H9ClNO2/c1-17-13-9(8-16)6-7-12(15-13)10-4-2-3-5-11(10)14/h2,4-8H,1H3. The molecule has 0 aliphatic carbocycles. The molecule has 2 aromatic rings. The molecule has 3 nitrogen and oxygen atoms in total. The number of carbonyl (C=O) groups is 1. The van der Waals surface area contributed by atoms with E-state index in [1.165, 1.54) is 7.11 Å². The molecule has 0 aliphatic rings. The summed E-state index contributed by atoms with van der Waals surface area (Å²) in [5.41, 5.74) is 1.85. The van der Waals surface area contributed by atoms with Crippen molar-refractivity contribution in [2.75, 3.05) is 7.11 Å². The molecular formula is C13H9ClNO2. The average molecular weight is 247 g/mol. The fourth-order valence-corrected chi connectivity index (χ4v) is 1.70. The minimum absolute atomic E-state index is 0.293. The zero-order valence-corrected chi connectivity index (χ0v) is 9.86. The third-order valence-electron chi connectivity index (χ3n) is 2.30. The summed E-state index contributed by atoms with van der Waals surface area (Å²) in [7, 11) is 1.47. The first-order valence-electron chi connectivity index (χ1n) is 4.92. The van der Waals surface area contributed by atoms with E-state index >= 15 is 0 Å². The van der Waals surface area contributed by atoms with Gasteiger partial charge in [0.1, 0.15) is 0 Å². The Morgan fingerprint density at radius 3 is 2.88 bits per heavy atom. The molecule has 0 spiro atoms. The number of hydrogen-bond donors (Lipinski definition) is 0. The summed E-state index contributed by atoms with van der Waals surface area (Å²) in [4.78, 5) is 15.0. The van der Waals surface area contributed by atoms with Gasteiger partial charge in [0.15, 0.2) is 6.29 Å². The summed E-state index contributed by atoms with van der Waals surface area (Å²) in [6.07, 6.45) is 0.704. The number of carbonyl (C=O) groups excluding carboxylic acids is 1. The Labute approximate surface area is 104 Å². The highest BCUT2D eigenvalue weighted by atomic mass is 35.5. The molecule has 0 saturated carbocycles. The number of benzene rings is 1. The van der Waals surface area contributed by atoms with Crippen LogP contribution in [0.2, 0.25) is 5.02 Å². The van der Waals surface area contributed by atoms with Crippen LogP contribution in [0.4, 0.5) is 0 Å². The van der Waals surface area contributed by atoms with Crippen molar-refractivity contribution in [1.82, 2.24) is 4.98 Å². The molecule has 4 heteroatoms. The van der Waals surface area contributed by atoms with Crippen LogP contribution in [-0.2, 0) is 0 Å². The third-order valence-corrected chi connectivity index (χ3v) is 2.61. The Morgan fingerprint density at radius 2 is 2.24 bits per heavy atom. The van der Waals surface area contributed by atoms with Crippen LogP contribution < -0.4 is 4.74 Å². The highest BCUT2D eigenvalue weighted by Crippen LogP contribution is 2.28. The second-order valence-corrected chi connectivity index (χ2v) is 3.73. The molecule has 0 saturated heterocycles. The normalized spacial score (nSPS) is 10.0. The van der Waals surface area contributed by atoms with Gasteiger partial charge in [-0.3, -0.25) is 4.79 Å². The lowest BCUT2D eigenvalue weighted by Crippen LogP contribution is -1.95. The number of aromatic nitrogens is 1. The number of halogens is 1. The van der Waals surface area contributed by atoms with Crippen LogP contribution in [0.25, 0.3) is 11.3 Å². The van der Waals surface area contributed by atoms with Crippen molar-refractivity contribution in [1.29, 1.82) is 0 Å². The number of aldehydes is 1. The molecule has 2 rings (SSSR count). The van der Waals surface area contributed by atoms with Gasteiger partial charge in [0.05, 0.1) is 23.4 Å².